The van der Waals surface area contributed by atoms with Crippen LogP contribution in [-0.4, -0.2) is 11.1 Å². The number of Topliss-reactive ketones (excluding diaryl/α,β-unsaturated/α-hetero) is 1. The molecule has 15 heavy (non-hydrogen) atoms. The smallest absolute Gasteiger partial charge is 0.149 e. The lowest BCUT2D eigenvalue weighted by Crippen LogP contribution is -2.19. The highest BCUT2D eigenvalue weighted by Crippen LogP contribution is 2.49. The molecule has 0 spiro atoms. The Morgan fingerprint density at radius 1 is 1.33 bits per heavy atom. The van der Waals surface area contributed by atoms with E-state index in [1.165, 1.54) is 5.56 Å². The first-order valence-corrected chi connectivity index (χ1v) is 6.50. The Labute approximate surface area is 103 Å². The number of hydrogen-bond donors (Lipinski definition) is 0. The van der Waals surface area contributed by atoms with E-state index in [2.05, 4.69) is 15.9 Å². The number of ketones is 1. The molecule has 1 aliphatic rings. The number of carbonyl (C=O) groups excluding carboxylic acids is 1. The number of rotatable bonds is 4. The van der Waals surface area contributed by atoms with Crippen LogP contribution in [0.4, 0.5) is 0 Å². The molecule has 0 amide bonds. The zero-order valence-electron chi connectivity index (χ0n) is 8.30. The molecule has 1 aliphatic carbocycles. The van der Waals surface area contributed by atoms with Gasteiger partial charge < -0.3 is 0 Å². The topological polar surface area (TPSA) is 17.1 Å². The van der Waals surface area contributed by atoms with Gasteiger partial charge in [-0.25, -0.2) is 0 Å². The summed E-state index contributed by atoms with van der Waals surface area (Å²) in [5.41, 5.74) is 1.13. The van der Waals surface area contributed by atoms with Crippen LogP contribution in [0.5, 0.6) is 0 Å². The van der Waals surface area contributed by atoms with Crippen molar-refractivity contribution in [1.82, 2.24) is 0 Å². The first-order valence-electron chi connectivity index (χ1n) is 5.00. The maximum Gasteiger partial charge on any atom is 0.149 e. The van der Waals surface area contributed by atoms with Crippen LogP contribution in [0, 0.1) is 5.41 Å². The van der Waals surface area contributed by atoms with Gasteiger partial charge in [0.2, 0.25) is 0 Å². The molecular weight excluding hydrogens is 275 g/mol. The monoisotopic (exact) mass is 286 g/mol. The summed E-state index contributed by atoms with van der Waals surface area (Å²) in [6, 6.07) is 7.77. The molecule has 0 heterocycles. The lowest BCUT2D eigenvalue weighted by Gasteiger charge is -2.12. The van der Waals surface area contributed by atoms with Gasteiger partial charge in [-0.05, 0) is 37.0 Å². The van der Waals surface area contributed by atoms with Crippen molar-refractivity contribution in [3.8, 4) is 0 Å². The van der Waals surface area contributed by atoms with Gasteiger partial charge in [0.1, 0.15) is 5.78 Å². The molecule has 0 saturated heterocycles. The van der Waals surface area contributed by atoms with Crippen molar-refractivity contribution in [2.45, 2.75) is 19.3 Å². The van der Waals surface area contributed by atoms with Crippen molar-refractivity contribution < 1.29 is 4.79 Å². The molecule has 1 aromatic rings. The Bertz CT molecular complexity index is 368. The predicted octanol–water partition coefficient (Wildman–Crippen LogP) is 3.63. The molecule has 0 aliphatic heterocycles. The second-order valence-corrected chi connectivity index (χ2v) is 5.14. The summed E-state index contributed by atoms with van der Waals surface area (Å²) >= 11 is 9.06. The highest BCUT2D eigenvalue weighted by molar-refractivity contribution is 9.09. The molecule has 1 fully saturated rings. The molecule has 0 unspecified atom stereocenters. The first-order chi connectivity index (χ1) is 7.16. The minimum absolute atomic E-state index is 0.0721. The van der Waals surface area contributed by atoms with Gasteiger partial charge in [0.15, 0.2) is 0 Å². The summed E-state index contributed by atoms with van der Waals surface area (Å²) in [5, 5.41) is 1.22. The lowest BCUT2D eigenvalue weighted by molar-refractivity contribution is -0.121. The summed E-state index contributed by atoms with van der Waals surface area (Å²) in [6.07, 6.45) is 2.91. The van der Waals surface area contributed by atoms with E-state index in [1.54, 1.807) is 0 Å². The van der Waals surface area contributed by atoms with E-state index < -0.39 is 0 Å². The zero-order chi connectivity index (χ0) is 10.9. The summed E-state index contributed by atoms with van der Waals surface area (Å²) in [7, 11) is 0. The quantitative estimate of drug-likeness (QED) is 0.773. The van der Waals surface area contributed by atoms with Crippen LogP contribution in [0.1, 0.15) is 18.4 Å². The Morgan fingerprint density at radius 3 is 2.40 bits per heavy atom. The van der Waals surface area contributed by atoms with Crippen LogP contribution in [0.3, 0.4) is 0 Å². The Kier molecular flexibility index (Phi) is 3.17. The average Bonchev–Trinajstić information content (AvgIpc) is 3.01. The SMILES string of the molecule is O=C(CBr)C1(Cc2ccc(Cl)cc2)CC1. The van der Waals surface area contributed by atoms with E-state index in [-0.39, 0.29) is 5.41 Å². The third-order valence-electron chi connectivity index (χ3n) is 3.02. The normalized spacial score (nSPS) is 17.5. The van der Waals surface area contributed by atoms with Gasteiger partial charge >= 0.3 is 0 Å². The maximum absolute atomic E-state index is 11.7. The summed E-state index contributed by atoms with van der Waals surface area (Å²) in [5.74, 6) is 0.331. The van der Waals surface area contributed by atoms with E-state index in [0.717, 1.165) is 24.3 Å². The van der Waals surface area contributed by atoms with Crippen molar-refractivity contribution in [2.75, 3.05) is 5.33 Å². The summed E-state index contributed by atoms with van der Waals surface area (Å²) < 4.78 is 0. The van der Waals surface area contributed by atoms with E-state index in [4.69, 9.17) is 11.6 Å². The summed E-state index contributed by atoms with van der Waals surface area (Å²) in [6.45, 7) is 0. The Hall–Kier alpha value is -0.340. The van der Waals surface area contributed by atoms with Crippen molar-refractivity contribution in [3.05, 3.63) is 34.9 Å². The average molecular weight is 288 g/mol. The molecule has 1 aromatic carbocycles. The summed E-state index contributed by atoms with van der Waals surface area (Å²) in [4.78, 5) is 11.7. The number of halogens is 2. The molecule has 80 valence electrons. The zero-order valence-corrected chi connectivity index (χ0v) is 10.6. The van der Waals surface area contributed by atoms with Gasteiger partial charge in [-0.1, -0.05) is 39.7 Å². The molecule has 1 saturated carbocycles. The number of alkyl halides is 1. The highest BCUT2D eigenvalue weighted by atomic mass is 79.9. The van der Waals surface area contributed by atoms with Gasteiger partial charge in [-0.2, -0.15) is 0 Å². The minimum atomic E-state index is -0.0721. The largest absolute Gasteiger partial charge is 0.298 e. The molecule has 0 N–H and O–H groups in total. The second-order valence-electron chi connectivity index (χ2n) is 4.14. The molecule has 1 nitrogen and oxygen atoms in total. The fourth-order valence-corrected chi connectivity index (χ4v) is 2.56. The van der Waals surface area contributed by atoms with E-state index >= 15 is 0 Å². The Balaban J connectivity index is 2.09. The standard InChI is InChI=1S/C12H12BrClO/c13-8-11(15)12(5-6-12)7-9-1-3-10(14)4-2-9/h1-4H,5-8H2. The molecule has 0 bridgehead atoms. The van der Waals surface area contributed by atoms with Crippen molar-refractivity contribution in [2.24, 2.45) is 5.41 Å². The maximum atomic E-state index is 11.7. The predicted molar refractivity (Wildman–Crippen MR) is 65.6 cm³/mol. The van der Waals surface area contributed by atoms with Crippen LogP contribution < -0.4 is 0 Å². The van der Waals surface area contributed by atoms with Crippen molar-refractivity contribution >= 4 is 33.3 Å². The molecule has 0 aromatic heterocycles. The van der Waals surface area contributed by atoms with E-state index in [0.29, 0.717) is 11.1 Å². The van der Waals surface area contributed by atoms with Gasteiger partial charge in [0.05, 0.1) is 5.33 Å². The molecule has 2 rings (SSSR count). The molecule has 0 radical (unpaired) electrons. The number of hydrogen-bond acceptors (Lipinski definition) is 1. The minimum Gasteiger partial charge on any atom is -0.298 e. The third-order valence-corrected chi connectivity index (χ3v) is 3.78. The van der Waals surface area contributed by atoms with Gasteiger partial charge in [-0.15, -0.1) is 0 Å². The first kappa shape index (κ1) is 11.2. The van der Waals surface area contributed by atoms with E-state index in [1.807, 2.05) is 24.3 Å². The number of benzene rings is 1. The van der Waals surface area contributed by atoms with E-state index in [9.17, 15) is 4.79 Å². The fourth-order valence-electron chi connectivity index (χ4n) is 1.84. The van der Waals surface area contributed by atoms with Crippen LogP contribution in [0.2, 0.25) is 5.02 Å². The van der Waals surface area contributed by atoms with Crippen molar-refractivity contribution in [3.63, 3.8) is 0 Å². The van der Waals surface area contributed by atoms with Crippen LogP contribution in [0.15, 0.2) is 24.3 Å². The third kappa shape index (κ3) is 2.43. The van der Waals surface area contributed by atoms with Gasteiger partial charge in [-0.3, -0.25) is 4.79 Å². The lowest BCUT2D eigenvalue weighted by atomic mass is 9.93. The van der Waals surface area contributed by atoms with Crippen molar-refractivity contribution in [1.29, 1.82) is 0 Å². The molecular formula is C12H12BrClO. The van der Waals surface area contributed by atoms with Crippen LogP contribution in [0.25, 0.3) is 0 Å². The highest BCUT2D eigenvalue weighted by Gasteiger charge is 2.48. The molecule has 3 heteroatoms. The van der Waals surface area contributed by atoms with Crippen LogP contribution in [-0.2, 0) is 11.2 Å². The van der Waals surface area contributed by atoms with Gasteiger partial charge in [0, 0.05) is 10.4 Å². The van der Waals surface area contributed by atoms with Gasteiger partial charge in [0.25, 0.3) is 0 Å². The second kappa shape index (κ2) is 4.26. The number of carbonyl (C=O) groups is 1. The van der Waals surface area contributed by atoms with Crippen LogP contribution >= 0.6 is 27.5 Å². The Morgan fingerprint density at radius 2 is 1.93 bits per heavy atom. The molecule has 0 atom stereocenters. The fraction of sp³-hybridized carbons (Fsp3) is 0.417.